The van der Waals surface area contributed by atoms with Crippen molar-refractivity contribution in [3.8, 4) is 5.75 Å². The highest BCUT2D eigenvalue weighted by Gasteiger charge is 2.26. The number of hydrogen-bond donors (Lipinski definition) is 2. The van der Waals surface area contributed by atoms with Crippen molar-refractivity contribution in [2.24, 2.45) is 5.92 Å². The number of anilines is 1. The van der Waals surface area contributed by atoms with Crippen LogP contribution in [0.2, 0.25) is 0 Å². The van der Waals surface area contributed by atoms with Gasteiger partial charge in [0.15, 0.2) is 0 Å². The quantitative estimate of drug-likeness (QED) is 0.706. The number of rotatable bonds is 4. The van der Waals surface area contributed by atoms with Gasteiger partial charge in [-0.05, 0) is 49.6 Å². The first-order chi connectivity index (χ1) is 15.6. The number of nitrogens with one attached hydrogen (secondary N) is 2. The topological polar surface area (TPSA) is 97.0 Å². The van der Waals surface area contributed by atoms with Gasteiger partial charge in [-0.2, -0.15) is 0 Å². The van der Waals surface area contributed by atoms with Crippen LogP contribution in [0.15, 0.2) is 47.4 Å². The molecule has 0 aromatic heterocycles. The van der Waals surface area contributed by atoms with Crippen LogP contribution < -0.4 is 14.8 Å². The summed E-state index contributed by atoms with van der Waals surface area (Å²) >= 11 is 0. The maximum atomic E-state index is 13.3. The Hall–Kier alpha value is -2.62. The van der Waals surface area contributed by atoms with Gasteiger partial charge in [-0.1, -0.05) is 25.1 Å². The first kappa shape index (κ1) is 25.0. The highest BCUT2D eigenvalue weighted by atomic mass is 32.2. The summed E-state index contributed by atoms with van der Waals surface area (Å²) in [5, 5.41) is 3.44. The summed E-state index contributed by atoms with van der Waals surface area (Å²) in [4.78, 5) is 15.1. The highest BCUT2D eigenvalue weighted by molar-refractivity contribution is 7.92. The molecule has 3 atom stereocenters. The summed E-state index contributed by atoms with van der Waals surface area (Å²) in [6, 6.07) is 11.6. The zero-order valence-corrected chi connectivity index (χ0v) is 20.6. The molecule has 1 heterocycles. The normalized spacial score (nSPS) is 22.5. The average Bonchev–Trinajstić information content (AvgIpc) is 2.78. The Balaban J connectivity index is 1.95. The molecule has 33 heavy (non-hydrogen) atoms. The molecule has 0 unspecified atom stereocenters. The van der Waals surface area contributed by atoms with Gasteiger partial charge in [0.25, 0.3) is 15.9 Å². The lowest BCUT2D eigenvalue weighted by Gasteiger charge is -2.30. The van der Waals surface area contributed by atoms with E-state index in [9.17, 15) is 13.2 Å². The number of ether oxygens (including phenoxy) is 2. The van der Waals surface area contributed by atoms with E-state index in [1.165, 1.54) is 6.07 Å². The summed E-state index contributed by atoms with van der Waals surface area (Å²) in [6.45, 7) is 7.32. The number of sulfonamides is 1. The van der Waals surface area contributed by atoms with Crippen molar-refractivity contribution in [1.29, 1.82) is 0 Å². The molecule has 1 aliphatic heterocycles. The van der Waals surface area contributed by atoms with Crippen molar-refractivity contribution in [2.75, 3.05) is 38.6 Å². The van der Waals surface area contributed by atoms with Gasteiger partial charge in [0.05, 0.1) is 16.6 Å². The third kappa shape index (κ3) is 6.04. The molecule has 0 bridgehead atoms. The molecule has 2 N–H and O–H groups in total. The van der Waals surface area contributed by atoms with Crippen molar-refractivity contribution >= 4 is 21.6 Å². The molecule has 8 nitrogen and oxygen atoms in total. The van der Waals surface area contributed by atoms with Crippen molar-refractivity contribution < 1.29 is 22.7 Å². The standard InChI is InChI=1S/C24H33N3O5S/c1-16-8-6-7-9-23(16)33(29,30)26-19-10-11-21-20(12-19)24(28)27(4)14-22(31-5)17(2)13-25-18(3)15-32-21/h6-12,17-18,22,25-26H,13-15H2,1-5H3/t17-,18+,22-/m0/s1. The number of carbonyl (C=O) groups excluding carboxylic acids is 1. The molecule has 1 aliphatic rings. The maximum absolute atomic E-state index is 13.3. The number of fused-ring (bicyclic) bond motifs is 1. The van der Waals surface area contributed by atoms with E-state index in [-0.39, 0.29) is 40.1 Å². The lowest BCUT2D eigenvalue weighted by molar-refractivity contribution is 0.0281. The fourth-order valence-electron chi connectivity index (χ4n) is 3.79. The molecular formula is C24H33N3O5S. The highest BCUT2D eigenvalue weighted by Crippen LogP contribution is 2.27. The number of carbonyl (C=O) groups is 1. The molecule has 3 rings (SSSR count). The van der Waals surface area contributed by atoms with Crippen LogP contribution in [-0.2, 0) is 14.8 Å². The van der Waals surface area contributed by atoms with Crippen molar-refractivity contribution in [3.63, 3.8) is 0 Å². The van der Waals surface area contributed by atoms with Gasteiger partial charge in [0.2, 0.25) is 0 Å². The Bertz CT molecular complexity index is 1090. The number of aryl methyl sites for hydroxylation is 1. The van der Waals surface area contributed by atoms with Crippen molar-refractivity contribution in [3.05, 3.63) is 53.6 Å². The van der Waals surface area contributed by atoms with E-state index in [4.69, 9.17) is 9.47 Å². The van der Waals surface area contributed by atoms with Gasteiger partial charge in [-0.25, -0.2) is 8.42 Å². The van der Waals surface area contributed by atoms with Gasteiger partial charge in [0, 0.05) is 39.0 Å². The molecule has 0 saturated carbocycles. The summed E-state index contributed by atoms with van der Waals surface area (Å²) in [6.07, 6.45) is -0.148. The van der Waals surface area contributed by atoms with Gasteiger partial charge in [-0.15, -0.1) is 0 Å². The molecule has 0 radical (unpaired) electrons. The predicted molar refractivity (Wildman–Crippen MR) is 128 cm³/mol. The van der Waals surface area contributed by atoms with Crippen LogP contribution in [0, 0.1) is 12.8 Å². The Morgan fingerprint density at radius 3 is 2.61 bits per heavy atom. The van der Waals surface area contributed by atoms with Gasteiger partial charge < -0.3 is 19.7 Å². The molecule has 2 aromatic carbocycles. The number of nitrogens with zero attached hydrogens (tertiary/aromatic N) is 1. The first-order valence-electron chi connectivity index (χ1n) is 11.0. The number of methoxy groups -OCH3 is 1. The van der Waals surface area contributed by atoms with E-state index >= 15 is 0 Å². The lowest BCUT2D eigenvalue weighted by Crippen LogP contribution is -2.44. The van der Waals surface area contributed by atoms with E-state index < -0.39 is 10.0 Å². The molecule has 0 fully saturated rings. The summed E-state index contributed by atoms with van der Waals surface area (Å²) < 4.78 is 40.1. The molecule has 0 aliphatic carbocycles. The third-order valence-electron chi connectivity index (χ3n) is 5.86. The van der Waals surface area contributed by atoms with E-state index in [0.717, 1.165) is 6.54 Å². The number of amides is 1. The van der Waals surface area contributed by atoms with E-state index in [0.29, 0.717) is 24.5 Å². The molecule has 1 amide bonds. The third-order valence-corrected chi connectivity index (χ3v) is 7.40. The smallest absolute Gasteiger partial charge is 0.262 e. The minimum absolute atomic E-state index is 0.0595. The maximum Gasteiger partial charge on any atom is 0.262 e. The predicted octanol–water partition coefficient (Wildman–Crippen LogP) is 2.89. The number of likely N-dealkylation sites (N-methyl/N-ethyl adjacent to an activating group) is 1. The zero-order valence-electron chi connectivity index (χ0n) is 19.8. The van der Waals surface area contributed by atoms with Gasteiger partial charge >= 0.3 is 0 Å². The first-order valence-corrected chi connectivity index (χ1v) is 12.5. The zero-order chi connectivity index (χ0) is 24.2. The van der Waals surface area contributed by atoms with Crippen LogP contribution in [0.5, 0.6) is 5.75 Å². The average molecular weight is 476 g/mol. The molecule has 9 heteroatoms. The van der Waals surface area contributed by atoms with Crippen molar-refractivity contribution in [2.45, 2.75) is 37.8 Å². The summed E-state index contributed by atoms with van der Waals surface area (Å²) in [5.74, 6) is 0.318. The molecule has 0 spiro atoms. The molecular weight excluding hydrogens is 442 g/mol. The second kappa shape index (κ2) is 10.5. The SMILES string of the molecule is CO[C@H]1CN(C)C(=O)c2cc(NS(=O)(=O)c3ccccc3C)ccc2OC[C@@H](C)NC[C@@H]1C. The van der Waals surface area contributed by atoms with E-state index in [1.54, 1.807) is 62.4 Å². The minimum atomic E-state index is -3.82. The summed E-state index contributed by atoms with van der Waals surface area (Å²) in [5.41, 5.74) is 1.21. The fraction of sp³-hybridized carbons (Fsp3) is 0.458. The van der Waals surface area contributed by atoms with Crippen LogP contribution in [0.3, 0.4) is 0 Å². The minimum Gasteiger partial charge on any atom is -0.491 e. The lowest BCUT2D eigenvalue weighted by atomic mass is 10.0. The molecule has 2 aromatic rings. The number of hydrogen-bond acceptors (Lipinski definition) is 6. The monoisotopic (exact) mass is 475 g/mol. The fourth-order valence-corrected chi connectivity index (χ4v) is 5.09. The van der Waals surface area contributed by atoms with Crippen LogP contribution in [-0.4, -0.2) is 65.2 Å². The second-order valence-electron chi connectivity index (χ2n) is 8.64. The summed E-state index contributed by atoms with van der Waals surface area (Å²) in [7, 11) is -0.468. The van der Waals surface area contributed by atoms with Gasteiger partial charge in [0.1, 0.15) is 12.4 Å². The Morgan fingerprint density at radius 2 is 1.91 bits per heavy atom. The van der Waals surface area contributed by atoms with Crippen LogP contribution >= 0.6 is 0 Å². The number of benzene rings is 2. The second-order valence-corrected chi connectivity index (χ2v) is 10.3. The molecule has 0 saturated heterocycles. The van der Waals surface area contributed by atoms with Crippen LogP contribution in [0.1, 0.15) is 29.8 Å². The largest absolute Gasteiger partial charge is 0.491 e. The van der Waals surface area contributed by atoms with Crippen LogP contribution in [0.4, 0.5) is 5.69 Å². The Morgan fingerprint density at radius 1 is 1.18 bits per heavy atom. The Kier molecular flexibility index (Phi) is 7.99. The Labute approximate surface area is 196 Å². The van der Waals surface area contributed by atoms with E-state index in [1.807, 2.05) is 6.92 Å². The molecule has 180 valence electrons. The van der Waals surface area contributed by atoms with Gasteiger partial charge in [-0.3, -0.25) is 9.52 Å². The van der Waals surface area contributed by atoms with E-state index in [2.05, 4.69) is 17.0 Å². The van der Waals surface area contributed by atoms with Crippen molar-refractivity contribution in [1.82, 2.24) is 10.2 Å². The van der Waals surface area contributed by atoms with Crippen LogP contribution in [0.25, 0.3) is 0 Å².